The highest BCUT2D eigenvalue weighted by Gasteiger charge is 2.46. The van der Waals surface area contributed by atoms with Gasteiger partial charge in [0, 0.05) is 0 Å². The van der Waals surface area contributed by atoms with Crippen molar-refractivity contribution < 1.29 is 43.4 Å². The number of aliphatic carboxylic acids is 1. The molecular weight excluding hydrogens is 527 g/mol. The number of carboxylic acid groups (broad SMARTS) is 1. The highest BCUT2D eigenvalue weighted by Crippen LogP contribution is 2.36. The van der Waals surface area contributed by atoms with Gasteiger partial charge < -0.3 is 34.9 Å². The SMILES string of the molecule is CC(C)C(=O)OCOC(=O)NC(C)C(O)([PH2]=O)C(Cc1ccc(-c2ccccc2)cc1)C(=O)NC(C)C(=O)O. The van der Waals surface area contributed by atoms with Gasteiger partial charge in [-0.3, -0.25) is 14.4 Å². The summed E-state index contributed by atoms with van der Waals surface area (Å²) in [5.74, 6) is -4.56. The van der Waals surface area contributed by atoms with Crippen LogP contribution in [-0.4, -0.2) is 58.4 Å². The zero-order valence-corrected chi connectivity index (χ0v) is 23.4. The normalized spacial score (nSPS) is 15.1. The second-order valence-electron chi connectivity index (χ2n) is 9.43. The van der Waals surface area contributed by atoms with Crippen molar-refractivity contribution >= 4 is 32.4 Å². The van der Waals surface area contributed by atoms with Crippen molar-refractivity contribution in [3.05, 3.63) is 60.2 Å². The van der Waals surface area contributed by atoms with E-state index in [0.717, 1.165) is 11.1 Å². The number of ether oxygens (including phenoxy) is 2. The lowest BCUT2D eigenvalue weighted by Crippen LogP contribution is -2.57. The predicted octanol–water partition coefficient (Wildman–Crippen LogP) is 2.82. The van der Waals surface area contributed by atoms with Crippen LogP contribution in [0.5, 0.6) is 0 Å². The van der Waals surface area contributed by atoms with Gasteiger partial charge >= 0.3 is 18.0 Å². The largest absolute Gasteiger partial charge is 0.480 e. The second kappa shape index (κ2) is 14.5. The smallest absolute Gasteiger partial charge is 0.410 e. The van der Waals surface area contributed by atoms with E-state index in [1.54, 1.807) is 26.0 Å². The molecule has 2 aromatic rings. The first-order valence-electron chi connectivity index (χ1n) is 12.3. The van der Waals surface area contributed by atoms with Gasteiger partial charge in [-0.2, -0.15) is 0 Å². The van der Waals surface area contributed by atoms with E-state index in [2.05, 4.69) is 10.6 Å². The quantitative estimate of drug-likeness (QED) is 0.163. The van der Waals surface area contributed by atoms with Crippen LogP contribution < -0.4 is 10.6 Å². The van der Waals surface area contributed by atoms with Crippen molar-refractivity contribution in [3.8, 4) is 11.1 Å². The van der Waals surface area contributed by atoms with Gasteiger partial charge in [0.25, 0.3) is 0 Å². The number of benzene rings is 2. The predicted molar refractivity (Wildman–Crippen MR) is 145 cm³/mol. The van der Waals surface area contributed by atoms with Gasteiger partial charge in [-0.15, -0.1) is 0 Å². The Balaban J connectivity index is 2.26. The zero-order chi connectivity index (χ0) is 29.2. The molecule has 212 valence electrons. The van der Waals surface area contributed by atoms with E-state index in [-0.39, 0.29) is 6.42 Å². The number of carbonyl (C=O) groups excluding carboxylic acids is 3. The first-order chi connectivity index (χ1) is 18.4. The van der Waals surface area contributed by atoms with E-state index in [1.807, 2.05) is 42.5 Å². The molecule has 5 unspecified atom stereocenters. The fraction of sp³-hybridized carbons (Fsp3) is 0.407. The molecule has 0 heterocycles. The second-order valence-corrected chi connectivity index (χ2v) is 10.6. The van der Waals surface area contributed by atoms with E-state index in [9.17, 15) is 34.0 Å². The molecule has 0 aromatic heterocycles. The number of hydrogen-bond donors (Lipinski definition) is 4. The fourth-order valence-electron chi connectivity index (χ4n) is 3.67. The van der Waals surface area contributed by atoms with Gasteiger partial charge in [0.15, 0.2) is 0 Å². The minimum absolute atomic E-state index is 0.105. The Morgan fingerprint density at radius 1 is 0.897 bits per heavy atom. The molecule has 0 fully saturated rings. The summed E-state index contributed by atoms with van der Waals surface area (Å²) in [6.45, 7) is 5.13. The van der Waals surface area contributed by atoms with Gasteiger partial charge in [-0.05, 0) is 37.0 Å². The lowest BCUT2D eigenvalue weighted by Gasteiger charge is -2.36. The van der Waals surface area contributed by atoms with E-state index in [1.165, 1.54) is 13.8 Å². The van der Waals surface area contributed by atoms with Crippen molar-refractivity contribution in [2.24, 2.45) is 11.8 Å². The van der Waals surface area contributed by atoms with Gasteiger partial charge in [0.05, 0.1) is 26.3 Å². The molecule has 2 aromatic carbocycles. The third-order valence-corrected chi connectivity index (χ3v) is 7.46. The maximum atomic E-state index is 13.2. The number of esters is 1. The fourth-order valence-corrected chi connectivity index (χ4v) is 4.39. The zero-order valence-electron chi connectivity index (χ0n) is 22.2. The molecule has 0 spiro atoms. The molecule has 39 heavy (non-hydrogen) atoms. The van der Waals surface area contributed by atoms with Crippen LogP contribution in [0, 0.1) is 11.8 Å². The summed E-state index contributed by atoms with van der Waals surface area (Å²) >= 11 is 0. The summed E-state index contributed by atoms with van der Waals surface area (Å²) in [5, 5.41) is 23.1. The molecule has 0 aliphatic heterocycles. The van der Waals surface area contributed by atoms with Gasteiger partial charge in [-0.1, -0.05) is 68.4 Å². The van der Waals surface area contributed by atoms with E-state index < -0.39 is 68.5 Å². The first-order valence-corrected chi connectivity index (χ1v) is 13.4. The first kappa shape index (κ1) is 31.5. The lowest BCUT2D eigenvalue weighted by molar-refractivity contribution is -0.155. The van der Waals surface area contributed by atoms with E-state index in [0.29, 0.717) is 5.56 Å². The molecule has 0 saturated heterocycles. The number of carbonyl (C=O) groups is 4. The van der Waals surface area contributed by atoms with Crippen molar-refractivity contribution in [3.63, 3.8) is 0 Å². The number of rotatable bonds is 13. The number of nitrogens with one attached hydrogen (secondary N) is 2. The van der Waals surface area contributed by atoms with Crippen molar-refractivity contribution in [2.75, 3.05) is 6.79 Å². The maximum absolute atomic E-state index is 13.2. The number of aliphatic hydroxyl groups is 1. The Bertz CT molecular complexity index is 1160. The number of carboxylic acids is 1. The number of hydrogen-bond acceptors (Lipinski definition) is 8. The molecule has 2 rings (SSSR count). The third kappa shape index (κ3) is 8.94. The molecule has 0 saturated carbocycles. The van der Waals surface area contributed by atoms with Crippen LogP contribution in [0.2, 0.25) is 0 Å². The van der Waals surface area contributed by atoms with Crippen LogP contribution in [0.15, 0.2) is 54.6 Å². The summed E-state index contributed by atoms with van der Waals surface area (Å²) in [4.78, 5) is 48.3. The molecule has 0 bridgehead atoms. The minimum Gasteiger partial charge on any atom is -0.480 e. The molecule has 0 aliphatic rings. The van der Waals surface area contributed by atoms with Gasteiger partial charge in [0.2, 0.25) is 12.7 Å². The Kier molecular flexibility index (Phi) is 11.7. The van der Waals surface area contributed by atoms with Crippen LogP contribution in [0.3, 0.4) is 0 Å². The van der Waals surface area contributed by atoms with Crippen LogP contribution in [0.25, 0.3) is 11.1 Å². The Hall–Kier alpha value is -3.69. The average Bonchev–Trinajstić information content (AvgIpc) is 2.91. The van der Waals surface area contributed by atoms with E-state index >= 15 is 0 Å². The van der Waals surface area contributed by atoms with Crippen LogP contribution in [-0.2, 0) is 34.8 Å². The van der Waals surface area contributed by atoms with Crippen LogP contribution >= 0.6 is 8.46 Å². The Morgan fingerprint density at radius 3 is 2.03 bits per heavy atom. The van der Waals surface area contributed by atoms with Crippen molar-refractivity contribution in [2.45, 2.75) is 51.5 Å². The molecule has 0 radical (unpaired) electrons. The average molecular weight is 563 g/mol. The van der Waals surface area contributed by atoms with Crippen molar-refractivity contribution in [1.29, 1.82) is 0 Å². The molecule has 0 aliphatic carbocycles. The highest BCUT2D eigenvalue weighted by atomic mass is 31.1. The van der Waals surface area contributed by atoms with Crippen LogP contribution in [0.4, 0.5) is 4.79 Å². The molecule has 5 atom stereocenters. The third-order valence-electron chi connectivity index (χ3n) is 6.18. The maximum Gasteiger partial charge on any atom is 0.410 e. The molecule has 12 heteroatoms. The lowest BCUT2D eigenvalue weighted by atomic mass is 9.88. The Morgan fingerprint density at radius 2 is 1.49 bits per heavy atom. The van der Waals surface area contributed by atoms with Crippen molar-refractivity contribution in [1.82, 2.24) is 10.6 Å². The summed E-state index contributed by atoms with van der Waals surface area (Å²) in [7, 11) is -2.08. The van der Waals surface area contributed by atoms with Gasteiger partial charge in [0.1, 0.15) is 11.4 Å². The van der Waals surface area contributed by atoms with E-state index in [4.69, 9.17) is 9.47 Å². The molecule has 4 N–H and O–H groups in total. The summed E-state index contributed by atoms with van der Waals surface area (Å²) in [6, 6.07) is 14.2. The summed E-state index contributed by atoms with van der Waals surface area (Å²) in [5.41, 5.74) is 2.50. The van der Waals surface area contributed by atoms with Crippen LogP contribution in [0.1, 0.15) is 33.3 Å². The standard InChI is InChI=1S/C27H35N2O9P/c1-16(2)25(33)37-15-38-26(34)29-18(4)27(35,39-36)22(23(30)28-17(3)24(31)32)14-19-10-12-21(13-11-19)20-8-6-5-7-9-20/h5-13,16-18,22,35H,14-15,39H2,1-4H3,(H,28,30)(H,29,34)(H,31,32). The highest BCUT2D eigenvalue weighted by molar-refractivity contribution is 7.25. The molecular formula is C27H35N2O9P. The summed E-state index contributed by atoms with van der Waals surface area (Å²) in [6.07, 6.45) is -1.18. The summed E-state index contributed by atoms with van der Waals surface area (Å²) < 4.78 is 22.0. The minimum atomic E-state index is -2.26. The molecule has 2 amide bonds. The Labute approximate surface area is 228 Å². The molecule has 11 nitrogen and oxygen atoms in total. The topological polar surface area (TPSA) is 168 Å². The number of amides is 2. The van der Waals surface area contributed by atoms with Gasteiger partial charge in [-0.25, -0.2) is 4.79 Å². The number of alkyl carbamates (subject to hydrolysis) is 1. The monoisotopic (exact) mass is 562 g/mol.